The molecule has 0 radical (unpaired) electrons. The van der Waals surface area contributed by atoms with Gasteiger partial charge in [0.1, 0.15) is 0 Å². The van der Waals surface area contributed by atoms with Crippen LogP contribution in [0.2, 0.25) is 0 Å². The van der Waals surface area contributed by atoms with Crippen molar-refractivity contribution in [1.29, 1.82) is 0 Å². The molecule has 2 nitrogen and oxygen atoms in total. The highest BCUT2D eigenvalue weighted by Crippen LogP contribution is 2.39. The molecule has 2 saturated carbocycles. The van der Waals surface area contributed by atoms with Crippen LogP contribution in [-0.2, 0) is 4.74 Å². The lowest BCUT2D eigenvalue weighted by Crippen LogP contribution is -2.57. The number of nitrogens with one attached hydrogen (secondary N) is 1. The zero-order valence-electron chi connectivity index (χ0n) is 9.63. The number of rotatable bonds is 2. The topological polar surface area (TPSA) is 21.3 Å². The third kappa shape index (κ3) is 2.07. The second-order valence-electron chi connectivity index (χ2n) is 5.79. The van der Waals surface area contributed by atoms with Crippen LogP contribution < -0.4 is 5.32 Å². The Morgan fingerprint density at radius 2 is 1.93 bits per heavy atom. The van der Waals surface area contributed by atoms with Gasteiger partial charge in [-0.15, -0.1) is 0 Å². The smallest absolute Gasteiger partial charge is 0.0810 e. The fraction of sp³-hybridized carbons (Fsp3) is 1.00. The van der Waals surface area contributed by atoms with Gasteiger partial charge in [0.2, 0.25) is 0 Å². The van der Waals surface area contributed by atoms with Gasteiger partial charge in [-0.3, -0.25) is 0 Å². The van der Waals surface area contributed by atoms with Crippen LogP contribution in [0.4, 0.5) is 0 Å². The zero-order chi connectivity index (χ0) is 10.1. The Balaban J connectivity index is 1.52. The molecule has 1 heterocycles. The lowest BCUT2D eigenvalue weighted by molar-refractivity contribution is -0.161. The third-order valence-electron chi connectivity index (χ3n) is 4.57. The van der Waals surface area contributed by atoms with Gasteiger partial charge in [-0.25, -0.2) is 0 Å². The Morgan fingerprint density at radius 3 is 2.60 bits per heavy atom. The molecule has 0 aromatic heterocycles. The maximum Gasteiger partial charge on any atom is 0.0810 e. The molecule has 3 fully saturated rings. The van der Waals surface area contributed by atoms with Gasteiger partial charge in [-0.05, 0) is 31.6 Å². The van der Waals surface area contributed by atoms with Gasteiger partial charge >= 0.3 is 0 Å². The standard InChI is InChI=1S/C13H23NO/c1-2-5-11(4-1)8-12-9-14-10-13(15-12)6-3-7-13/h11-12,14H,1-10H2. The third-order valence-corrected chi connectivity index (χ3v) is 4.57. The maximum atomic E-state index is 6.31. The molecule has 1 N–H and O–H groups in total. The molecule has 0 aromatic carbocycles. The summed E-state index contributed by atoms with van der Waals surface area (Å²) in [7, 11) is 0. The Labute approximate surface area is 92.8 Å². The van der Waals surface area contributed by atoms with Gasteiger partial charge in [0.15, 0.2) is 0 Å². The molecule has 1 aliphatic heterocycles. The van der Waals surface area contributed by atoms with E-state index in [2.05, 4.69) is 5.32 Å². The number of morpholine rings is 1. The van der Waals surface area contributed by atoms with Gasteiger partial charge in [-0.2, -0.15) is 0 Å². The molecular formula is C13H23NO. The van der Waals surface area contributed by atoms with Crippen molar-refractivity contribution in [3.8, 4) is 0 Å². The SMILES string of the molecule is C1CCC(CC2CNCC3(CCC3)O2)C1. The molecule has 1 spiro atoms. The first-order valence-corrected chi connectivity index (χ1v) is 6.75. The zero-order valence-corrected chi connectivity index (χ0v) is 9.63. The molecular weight excluding hydrogens is 186 g/mol. The van der Waals surface area contributed by atoms with Crippen LogP contribution in [0.1, 0.15) is 51.4 Å². The average Bonchev–Trinajstić information content (AvgIpc) is 2.69. The van der Waals surface area contributed by atoms with E-state index in [1.807, 2.05) is 0 Å². The van der Waals surface area contributed by atoms with E-state index < -0.39 is 0 Å². The van der Waals surface area contributed by atoms with Crippen molar-refractivity contribution in [2.75, 3.05) is 13.1 Å². The number of hydrogen-bond acceptors (Lipinski definition) is 2. The molecule has 0 amide bonds. The molecule has 1 saturated heterocycles. The summed E-state index contributed by atoms with van der Waals surface area (Å²) in [4.78, 5) is 0. The fourth-order valence-electron chi connectivity index (χ4n) is 3.51. The van der Waals surface area contributed by atoms with E-state index >= 15 is 0 Å². The summed E-state index contributed by atoms with van der Waals surface area (Å²) < 4.78 is 6.31. The second kappa shape index (κ2) is 4.06. The average molecular weight is 209 g/mol. The molecule has 0 aromatic rings. The van der Waals surface area contributed by atoms with Gasteiger partial charge in [-0.1, -0.05) is 25.7 Å². The monoisotopic (exact) mass is 209 g/mol. The predicted octanol–water partition coefficient (Wildman–Crippen LogP) is 2.48. The normalized spacial score (nSPS) is 35.6. The van der Waals surface area contributed by atoms with Crippen molar-refractivity contribution in [2.24, 2.45) is 5.92 Å². The Morgan fingerprint density at radius 1 is 1.13 bits per heavy atom. The van der Waals surface area contributed by atoms with E-state index in [0.29, 0.717) is 6.10 Å². The summed E-state index contributed by atoms with van der Waals surface area (Å²) in [5.41, 5.74) is 0.265. The first-order chi connectivity index (χ1) is 7.36. The number of ether oxygens (including phenoxy) is 1. The van der Waals surface area contributed by atoms with Crippen LogP contribution in [0.3, 0.4) is 0 Å². The number of hydrogen-bond donors (Lipinski definition) is 1. The minimum Gasteiger partial charge on any atom is -0.369 e. The molecule has 2 heteroatoms. The second-order valence-corrected chi connectivity index (χ2v) is 5.79. The van der Waals surface area contributed by atoms with Crippen molar-refractivity contribution < 1.29 is 4.74 Å². The van der Waals surface area contributed by atoms with Crippen LogP contribution >= 0.6 is 0 Å². The molecule has 0 bridgehead atoms. The molecule has 2 aliphatic carbocycles. The van der Waals surface area contributed by atoms with Gasteiger partial charge in [0.25, 0.3) is 0 Å². The summed E-state index contributed by atoms with van der Waals surface area (Å²) in [6.07, 6.45) is 11.6. The van der Waals surface area contributed by atoms with Crippen LogP contribution in [0.25, 0.3) is 0 Å². The molecule has 1 atom stereocenters. The molecule has 3 aliphatic rings. The minimum absolute atomic E-state index is 0.265. The van der Waals surface area contributed by atoms with Crippen molar-refractivity contribution in [3.63, 3.8) is 0 Å². The first kappa shape index (κ1) is 10.1. The first-order valence-electron chi connectivity index (χ1n) is 6.75. The molecule has 3 rings (SSSR count). The highest BCUT2D eigenvalue weighted by molar-refractivity contribution is 4.96. The minimum atomic E-state index is 0.265. The Hall–Kier alpha value is -0.0800. The summed E-state index contributed by atoms with van der Waals surface area (Å²) in [5.74, 6) is 0.965. The highest BCUT2D eigenvalue weighted by Gasteiger charge is 2.42. The summed E-state index contributed by atoms with van der Waals surface area (Å²) >= 11 is 0. The summed E-state index contributed by atoms with van der Waals surface area (Å²) in [6.45, 7) is 2.20. The maximum absolute atomic E-state index is 6.31. The summed E-state index contributed by atoms with van der Waals surface area (Å²) in [5, 5.41) is 3.58. The highest BCUT2D eigenvalue weighted by atomic mass is 16.5. The van der Waals surface area contributed by atoms with E-state index in [9.17, 15) is 0 Å². The van der Waals surface area contributed by atoms with Crippen molar-refractivity contribution in [1.82, 2.24) is 5.32 Å². The quantitative estimate of drug-likeness (QED) is 0.754. The van der Waals surface area contributed by atoms with Crippen molar-refractivity contribution >= 4 is 0 Å². The van der Waals surface area contributed by atoms with E-state index in [0.717, 1.165) is 19.0 Å². The van der Waals surface area contributed by atoms with Crippen LogP contribution in [0.15, 0.2) is 0 Å². The van der Waals surface area contributed by atoms with Crippen molar-refractivity contribution in [3.05, 3.63) is 0 Å². The Kier molecular flexibility index (Phi) is 2.73. The predicted molar refractivity (Wildman–Crippen MR) is 60.9 cm³/mol. The van der Waals surface area contributed by atoms with E-state index in [1.165, 1.54) is 51.4 Å². The van der Waals surface area contributed by atoms with Gasteiger partial charge < -0.3 is 10.1 Å². The van der Waals surface area contributed by atoms with Crippen LogP contribution in [0.5, 0.6) is 0 Å². The van der Waals surface area contributed by atoms with E-state index in [4.69, 9.17) is 4.74 Å². The van der Waals surface area contributed by atoms with Gasteiger partial charge in [0, 0.05) is 13.1 Å². The molecule has 86 valence electrons. The molecule has 15 heavy (non-hydrogen) atoms. The van der Waals surface area contributed by atoms with E-state index in [1.54, 1.807) is 0 Å². The van der Waals surface area contributed by atoms with Crippen LogP contribution in [0, 0.1) is 5.92 Å². The fourth-order valence-corrected chi connectivity index (χ4v) is 3.51. The largest absolute Gasteiger partial charge is 0.369 e. The summed E-state index contributed by atoms with van der Waals surface area (Å²) in [6, 6.07) is 0. The van der Waals surface area contributed by atoms with Crippen LogP contribution in [-0.4, -0.2) is 24.8 Å². The molecule has 1 unspecified atom stereocenters. The van der Waals surface area contributed by atoms with Crippen molar-refractivity contribution in [2.45, 2.75) is 63.1 Å². The van der Waals surface area contributed by atoms with E-state index in [-0.39, 0.29) is 5.60 Å². The van der Waals surface area contributed by atoms with Gasteiger partial charge in [0.05, 0.1) is 11.7 Å². The lowest BCUT2D eigenvalue weighted by Gasteiger charge is -2.48. The lowest BCUT2D eigenvalue weighted by atomic mass is 9.78. The Bertz CT molecular complexity index is 219.